The van der Waals surface area contributed by atoms with Gasteiger partial charge < -0.3 is 19.3 Å². The van der Waals surface area contributed by atoms with Crippen molar-refractivity contribution in [1.82, 2.24) is 4.98 Å². The number of piperazine rings is 1. The van der Waals surface area contributed by atoms with Crippen LogP contribution in [0, 0.1) is 0 Å². The molecule has 0 aliphatic carbocycles. The molecule has 0 atom stereocenters. The SMILES string of the molecule is COc1ccccc1N1CCN(c2ccc(NC(=O)OC(C)(C)C)cn2)CC1. The lowest BCUT2D eigenvalue weighted by atomic mass is 10.2. The van der Waals surface area contributed by atoms with Crippen molar-refractivity contribution in [2.24, 2.45) is 0 Å². The first-order valence-corrected chi connectivity index (χ1v) is 9.45. The molecular formula is C21H28N4O3. The van der Waals surface area contributed by atoms with Gasteiger partial charge in [-0.15, -0.1) is 0 Å². The van der Waals surface area contributed by atoms with Gasteiger partial charge in [0.1, 0.15) is 17.2 Å². The largest absolute Gasteiger partial charge is 0.495 e. The third kappa shape index (κ3) is 5.06. The predicted octanol–water partition coefficient (Wildman–Crippen LogP) is 3.76. The quantitative estimate of drug-likeness (QED) is 0.866. The van der Waals surface area contributed by atoms with Crippen LogP contribution in [0.4, 0.5) is 22.0 Å². The molecule has 7 heteroatoms. The lowest BCUT2D eigenvalue weighted by Gasteiger charge is -2.37. The highest BCUT2D eigenvalue weighted by Crippen LogP contribution is 2.29. The second-order valence-corrected chi connectivity index (χ2v) is 7.68. The van der Waals surface area contributed by atoms with Crippen LogP contribution >= 0.6 is 0 Å². The first kappa shape index (κ1) is 19.8. The zero-order valence-electron chi connectivity index (χ0n) is 16.9. The molecule has 1 aromatic heterocycles. The first-order valence-electron chi connectivity index (χ1n) is 9.45. The van der Waals surface area contributed by atoms with Crippen molar-refractivity contribution in [3.63, 3.8) is 0 Å². The molecule has 1 aromatic carbocycles. The fraction of sp³-hybridized carbons (Fsp3) is 0.429. The monoisotopic (exact) mass is 384 g/mol. The van der Waals surface area contributed by atoms with Gasteiger partial charge in [0.2, 0.25) is 0 Å². The van der Waals surface area contributed by atoms with Crippen molar-refractivity contribution in [2.45, 2.75) is 26.4 Å². The van der Waals surface area contributed by atoms with Crippen LogP contribution in [0.2, 0.25) is 0 Å². The van der Waals surface area contributed by atoms with E-state index >= 15 is 0 Å². The summed E-state index contributed by atoms with van der Waals surface area (Å²) in [6.07, 6.45) is 1.18. The molecule has 0 bridgehead atoms. The third-order valence-electron chi connectivity index (χ3n) is 4.42. The maximum absolute atomic E-state index is 11.9. The van der Waals surface area contributed by atoms with Crippen LogP contribution in [0.1, 0.15) is 20.8 Å². The van der Waals surface area contributed by atoms with Gasteiger partial charge in [-0.25, -0.2) is 9.78 Å². The van der Waals surface area contributed by atoms with Gasteiger partial charge in [-0.05, 0) is 45.0 Å². The number of amides is 1. The number of nitrogens with one attached hydrogen (secondary N) is 1. The molecule has 7 nitrogen and oxygen atoms in total. The summed E-state index contributed by atoms with van der Waals surface area (Å²) in [5.41, 5.74) is 1.21. The average Bonchev–Trinajstić information content (AvgIpc) is 2.67. The van der Waals surface area contributed by atoms with E-state index in [1.54, 1.807) is 13.3 Å². The van der Waals surface area contributed by atoms with Crippen LogP contribution in [-0.4, -0.2) is 50.0 Å². The number of carbonyl (C=O) groups is 1. The number of nitrogens with zero attached hydrogens (tertiary/aromatic N) is 3. The number of ether oxygens (including phenoxy) is 2. The highest BCUT2D eigenvalue weighted by molar-refractivity contribution is 5.84. The summed E-state index contributed by atoms with van der Waals surface area (Å²) in [7, 11) is 1.70. The van der Waals surface area contributed by atoms with Crippen LogP contribution < -0.4 is 19.9 Å². The summed E-state index contributed by atoms with van der Waals surface area (Å²) in [6, 6.07) is 11.9. The number of rotatable bonds is 4. The van der Waals surface area contributed by atoms with Crippen molar-refractivity contribution >= 4 is 23.3 Å². The van der Waals surface area contributed by atoms with E-state index in [4.69, 9.17) is 9.47 Å². The summed E-state index contributed by atoms with van der Waals surface area (Å²) < 4.78 is 10.7. The Labute approximate surface area is 166 Å². The molecular weight excluding hydrogens is 356 g/mol. The van der Waals surface area contributed by atoms with Gasteiger partial charge in [-0.2, -0.15) is 0 Å². The Kier molecular flexibility index (Phi) is 5.92. The number of carbonyl (C=O) groups excluding carboxylic acids is 1. The zero-order valence-corrected chi connectivity index (χ0v) is 16.9. The second-order valence-electron chi connectivity index (χ2n) is 7.68. The molecule has 0 saturated carbocycles. The topological polar surface area (TPSA) is 66.9 Å². The van der Waals surface area contributed by atoms with Crippen molar-refractivity contribution in [2.75, 3.05) is 48.4 Å². The van der Waals surface area contributed by atoms with Gasteiger partial charge in [0.05, 0.1) is 24.7 Å². The van der Waals surface area contributed by atoms with Crippen molar-refractivity contribution < 1.29 is 14.3 Å². The van der Waals surface area contributed by atoms with Crippen LogP contribution in [0.15, 0.2) is 42.6 Å². The molecule has 2 aromatic rings. The number of hydrogen-bond donors (Lipinski definition) is 1. The lowest BCUT2D eigenvalue weighted by molar-refractivity contribution is 0.0636. The highest BCUT2D eigenvalue weighted by atomic mass is 16.6. The van der Waals surface area contributed by atoms with E-state index in [-0.39, 0.29) is 0 Å². The Hall–Kier alpha value is -2.96. The number of pyridine rings is 1. The molecule has 0 spiro atoms. The lowest BCUT2D eigenvalue weighted by Crippen LogP contribution is -2.46. The summed E-state index contributed by atoms with van der Waals surface area (Å²) in [4.78, 5) is 20.9. The van der Waals surface area contributed by atoms with E-state index < -0.39 is 11.7 Å². The minimum absolute atomic E-state index is 0.479. The highest BCUT2D eigenvalue weighted by Gasteiger charge is 2.21. The van der Waals surface area contributed by atoms with E-state index in [0.717, 1.165) is 43.4 Å². The Morgan fingerprint density at radius 3 is 2.32 bits per heavy atom. The number of para-hydroxylation sites is 2. The van der Waals surface area contributed by atoms with E-state index in [2.05, 4.69) is 26.2 Å². The number of benzene rings is 1. The molecule has 0 radical (unpaired) electrons. The van der Waals surface area contributed by atoms with Gasteiger partial charge in [0.15, 0.2) is 0 Å². The molecule has 2 heterocycles. The van der Waals surface area contributed by atoms with Gasteiger partial charge in [0, 0.05) is 26.2 Å². The fourth-order valence-electron chi connectivity index (χ4n) is 3.14. The molecule has 1 aliphatic rings. The summed E-state index contributed by atoms with van der Waals surface area (Å²) in [6.45, 7) is 9.00. The van der Waals surface area contributed by atoms with Crippen molar-refractivity contribution in [1.29, 1.82) is 0 Å². The smallest absolute Gasteiger partial charge is 0.412 e. The Morgan fingerprint density at radius 1 is 1.04 bits per heavy atom. The zero-order chi connectivity index (χ0) is 20.1. The van der Waals surface area contributed by atoms with E-state index in [1.165, 1.54) is 0 Å². The van der Waals surface area contributed by atoms with E-state index in [1.807, 2.05) is 51.1 Å². The van der Waals surface area contributed by atoms with Crippen LogP contribution in [0.25, 0.3) is 0 Å². The summed E-state index contributed by atoms with van der Waals surface area (Å²) in [5, 5.41) is 2.71. The molecule has 1 aliphatic heterocycles. The minimum atomic E-state index is -0.529. The Morgan fingerprint density at radius 2 is 1.71 bits per heavy atom. The van der Waals surface area contributed by atoms with E-state index in [0.29, 0.717) is 5.69 Å². The fourth-order valence-corrected chi connectivity index (χ4v) is 3.14. The Balaban J connectivity index is 1.57. The van der Waals surface area contributed by atoms with Gasteiger partial charge in [-0.1, -0.05) is 12.1 Å². The molecule has 3 rings (SSSR count). The van der Waals surface area contributed by atoms with Crippen LogP contribution in [0.3, 0.4) is 0 Å². The number of aromatic nitrogens is 1. The third-order valence-corrected chi connectivity index (χ3v) is 4.42. The second kappa shape index (κ2) is 8.37. The predicted molar refractivity (Wildman–Crippen MR) is 112 cm³/mol. The molecule has 1 amide bonds. The number of methoxy groups -OCH3 is 1. The molecule has 1 saturated heterocycles. The molecule has 1 fully saturated rings. The number of hydrogen-bond acceptors (Lipinski definition) is 6. The average molecular weight is 384 g/mol. The molecule has 0 unspecified atom stereocenters. The number of anilines is 3. The van der Waals surface area contributed by atoms with Crippen LogP contribution in [-0.2, 0) is 4.74 Å². The first-order chi connectivity index (χ1) is 13.4. The maximum Gasteiger partial charge on any atom is 0.412 e. The van der Waals surface area contributed by atoms with Gasteiger partial charge in [0.25, 0.3) is 0 Å². The maximum atomic E-state index is 11.9. The van der Waals surface area contributed by atoms with Crippen molar-refractivity contribution in [3.05, 3.63) is 42.6 Å². The Bertz CT molecular complexity index is 794. The van der Waals surface area contributed by atoms with Crippen LogP contribution in [0.5, 0.6) is 5.75 Å². The summed E-state index contributed by atoms with van der Waals surface area (Å²) in [5.74, 6) is 1.79. The molecule has 1 N–H and O–H groups in total. The van der Waals surface area contributed by atoms with Gasteiger partial charge >= 0.3 is 6.09 Å². The molecule has 28 heavy (non-hydrogen) atoms. The normalized spacial score (nSPS) is 14.6. The van der Waals surface area contributed by atoms with Crippen molar-refractivity contribution in [3.8, 4) is 5.75 Å². The molecule has 150 valence electrons. The van der Waals surface area contributed by atoms with E-state index in [9.17, 15) is 4.79 Å². The summed E-state index contributed by atoms with van der Waals surface area (Å²) >= 11 is 0. The minimum Gasteiger partial charge on any atom is -0.495 e. The standard InChI is InChI=1S/C21H28N4O3/c1-21(2,3)28-20(26)23-16-9-10-19(22-15-16)25-13-11-24(12-14-25)17-7-5-6-8-18(17)27-4/h5-10,15H,11-14H2,1-4H3,(H,23,26). The van der Waals surface area contributed by atoms with Gasteiger partial charge in [-0.3, -0.25) is 5.32 Å².